The molecule has 2 heteroatoms. The summed E-state index contributed by atoms with van der Waals surface area (Å²) < 4.78 is 0. The number of hydrogen-bond acceptors (Lipinski definition) is 2. The molecule has 1 aliphatic carbocycles. The maximum absolute atomic E-state index is 6.15. The van der Waals surface area contributed by atoms with Gasteiger partial charge < -0.3 is 11.1 Å². The molecular formula is C18H26N2. The van der Waals surface area contributed by atoms with Crippen LogP contribution in [-0.2, 0) is 13.0 Å². The Hall–Kier alpha value is -1.54. The van der Waals surface area contributed by atoms with Crippen molar-refractivity contribution in [2.24, 2.45) is 0 Å². The maximum Gasteiger partial charge on any atom is 0.0362 e. The molecule has 0 amide bonds. The van der Waals surface area contributed by atoms with Gasteiger partial charge in [-0.2, -0.15) is 0 Å². The molecule has 2 rings (SSSR count). The Morgan fingerprint density at radius 3 is 2.80 bits per heavy atom. The van der Waals surface area contributed by atoms with Gasteiger partial charge in [-0.1, -0.05) is 43.7 Å². The first-order valence-corrected chi connectivity index (χ1v) is 7.55. The lowest BCUT2D eigenvalue weighted by Crippen LogP contribution is -2.26. The summed E-state index contributed by atoms with van der Waals surface area (Å²) in [4.78, 5) is 0. The number of aryl methyl sites for hydroxylation is 1. The molecule has 2 nitrogen and oxygen atoms in total. The first-order valence-electron chi connectivity index (χ1n) is 7.55. The minimum Gasteiger partial charge on any atom is -0.398 e. The van der Waals surface area contributed by atoms with E-state index >= 15 is 0 Å². The molecular weight excluding hydrogens is 244 g/mol. The van der Waals surface area contributed by atoms with E-state index in [1.165, 1.54) is 22.3 Å². The van der Waals surface area contributed by atoms with E-state index < -0.39 is 0 Å². The van der Waals surface area contributed by atoms with Crippen molar-refractivity contribution < 1.29 is 0 Å². The van der Waals surface area contributed by atoms with Crippen LogP contribution in [0.4, 0.5) is 5.69 Å². The van der Waals surface area contributed by atoms with Gasteiger partial charge in [0.25, 0.3) is 0 Å². The predicted octanol–water partition coefficient (Wildman–Crippen LogP) is 3.98. The number of nitrogen functional groups attached to an aromatic ring is 1. The molecule has 1 aliphatic rings. The number of nitrogens with one attached hydrogen (secondary N) is 1. The Kier molecular flexibility index (Phi) is 5.02. The van der Waals surface area contributed by atoms with E-state index in [9.17, 15) is 0 Å². The van der Waals surface area contributed by atoms with Crippen LogP contribution in [-0.4, -0.2) is 6.04 Å². The number of benzene rings is 1. The highest BCUT2D eigenvalue weighted by Crippen LogP contribution is 2.27. The van der Waals surface area contributed by atoms with Crippen LogP contribution in [0.1, 0.15) is 44.2 Å². The molecule has 0 heterocycles. The van der Waals surface area contributed by atoms with Crippen molar-refractivity contribution in [3.05, 3.63) is 53.1 Å². The molecule has 108 valence electrons. The smallest absolute Gasteiger partial charge is 0.0362 e. The predicted molar refractivity (Wildman–Crippen MR) is 87.6 cm³/mol. The van der Waals surface area contributed by atoms with Gasteiger partial charge in [0.1, 0.15) is 0 Å². The Morgan fingerprint density at radius 2 is 2.20 bits per heavy atom. The Balaban J connectivity index is 1.91. The zero-order valence-electron chi connectivity index (χ0n) is 12.7. The van der Waals surface area contributed by atoms with Gasteiger partial charge in [0, 0.05) is 18.3 Å². The van der Waals surface area contributed by atoms with Gasteiger partial charge in [-0.25, -0.2) is 0 Å². The summed E-state index contributed by atoms with van der Waals surface area (Å²) in [6.07, 6.45) is 6.46. The van der Waals surface area contributed by atoms with Crippen LogP contribution in [0.3, 0.4) is 0 Å². The van der Waals surface area contributed by atoms with Crippen molar-refractivity contribution in [1.82, 2.24) is 5.32 Å². The Labute approximate surface area is 122 Å². The highest BCUT2D eigenvalue weighted by molar-refractivity contribution is 5.49. The highest BCUT2D eigenvalue weighted by atomic mass is 14.9. The summed E-state index contributed by atoms with van der Waals surface area (Å²) in [6, 6.07) is 7.01. The topological polar surface area (TPSA) is 38.0 Å². The normalized spacial score (nSPS) is 18.6. The van der Waals surface area contributed by atoms with E-state index in [1.54, 1.807) is 0 Å². The van der Waals surface area contributed by atoms with Crippen molar-refractivity contribution in [1.29, 1.82) is 0 Å². The van der Waals surface area contributed by atoms with Crippen LogP contribution < -0.4 is 11.1 Å². The van der Waals surface area contributed by atoms with Crippen molar-refractivity contribution in [2.45, 2.75) is 52.1 Å². The maximum atomic E-state index is 6.15. The molecule has 20 heavy (non-hydrogen) atoms. The lowest BCUT2D eigenvalue weighted by atomic mass is 10.1. The van der Waals surface area contributed by atoms with Crippen molar-refractivity contribution in [2.75, 3.05) is 5.73 Å². The Bertz CT molecular complexity index is 514. The van der Waals surface area contributed by atoms with Gasteiger partial charge in [-0.15, -0.1) is 0 Å². The molecule has 0 radical (unpaired) electrons. The quantitative estimate of drug-likeness (QED) is 0.767. The third-order valence-electron chi connectivity index (χ3n) is 4.14. The fraction of sp³-hybridized carbons (Fsp3) is 0.444. The van der Waals surface area contributed by atoms with Crippen LogP contribution in [0.5, 0.6) is 0 Å². The lowest BCUT2D eigenvalue weighted by molar-refractivity contribution is 0.531. The Morgan fingerprint density at radius 1 is 1.40 bits per heavy atom. The molecule has 1 aromatic rings. The summed E-state index contributed by atoms with van der Waals surface area (Å²) in [5, 5.41) is 3.62. The fourth-order valence-corrected chi connectivity index (χ4v) is 2.92. The SMILES string of the molecule is C=CC1=C(C)CC(NCc2ccc(CCC)cc2N)C1. The second-order valence-corrected chi connectivity index (χ2v) is 5.78. The van der Waals surface area contributed by atoms with Gasteiger partial charge in [0.05, 0.1) is 0 Å². The molecule has 0 bridgehead atoms. The van der Waals surface area contributed by atoms with Crippen LogP contribution in [0.15, 0.2) is 42.0 Å². The molecule has 0 saturated carbocycles. The monoisotopic (exact) mass is 270 g/mol. The molecule has 3 N–H and O–H groups in total. The van der Waals surface area contributed by atoms with Crippen molar-refractivity contribution in [3.63, 3.8) is 0 Å². The van der Waals surface area contributed by atoms with Crippen LogP contribution in [0.25, 0.3) is 0 Å². The largest absolute Gasteiger partial charge is 0.398 e. The van der Waals surface area contributed by atoms with Gasteiger partial charge >= 0.3 is 0 Å². The molecule has 0 aliphatic heterocycles. The van der Waals surface area contributed by atoms with E-state index in [0.29, 0.717) is 6.04 Å². The van der Waals surface area contributed by atoms with E-state index in [2.05, 4.69) is 43.9 Å². The van der Waals surface area contributed by atoms with E-state index in [-0.39, 0.29) is 0 Å². The number of rotatable bonds is 6. The molecule has 1 atom stereocenters. The van der Waals surface area contributed by atoms with E-state index in [1.807, 2.05) is 6.08 Å². The summed E-state index contributed by atoms with van der Waals surface area (Å²) in [5.41, 5.74) is 12.5. The van der Waals surface area contributed by atoms with Gasteiger partial charge in [0.15, 0.2) is 0 Å². The third kappa shape index (κ3) is 3.51. The molecule has 1 unspecified atom stereocenters. The van der Waals surface area contributed by atoms with Crippen LogP contribution in [0, 0.1) is 0 Å². The summed E-state index contributed by atoms with van der Waals surface area (Å²) in [7, 11) is 0. The zero-order chi connectivity index (χ0) is 14.5. The van der Waals surface area contributed by atoms with Crippen molar-refractivity contribution in [3.8, 4) is 0 Å². The minimum atomic E-state index is 0.526. The number of allylic oxidation sites excluding steroid dienone is 1. The molecule has 0 fully saturated rings. The second kappa shape index (κ2) is 6.76. The number of hydrogen-bond donors (Lipinski definition) is 2. The zero-order valence-corrected chi connectivity index (χ0v) is 12.7. The van der Waals surface area contributed by atoms with Crippen LogP contribution >= 0.6 is 0 Å². The van der Waals surface area contributed by atoms with E-state index in [0.717, 1.165) is 37.9 Å². The molecule has 0 spiro atoms. The van der Waals surface area contributed by atoms with Gasteiger partial charge in [-0.05, 0) is 49.0 Å². The fourth-order valence-electron chi connectivity index (χ4n) is 2.92. The highest BCUT2D eigenvalue weighted by Gasteiger charge is 2.19. The first kappa shape index (κ1) is 14.9. The standard InChI is InChI=1S/C18H26N2/c1-4-6-14-7-8-16(18(19)10-14)12-20-17-9-13(3)15(5-2)11-17/h5,7-8,10,17,20H,2,4,6,9,11-12,19H2,1,3H3. The summed E-state index contributed by atoms with van der Waals surface area (Å²) in [6.45, 7) is 9.12. The summed E-state index contributed by atoms with van der Waals surface area (Å²) in [5.74, 6) is 0. The van der Waals surface area contributed by atoms with Crippen LogP contribution in [0.2, 0.25) is 0 Å². The van der Waals surface area contributed by atoms with Gasteiger partial charge in [0.2, 0.25) is 0 Å². The number of nitrogens with two attached hydrogens (primary N) is 1. The lowest BCUT2D eigenvalue weighted by Gasteiger charge is -2.14. The third-order valence-corrected chi connectivity index (χ3v) is 4.14. The average molecular weight is 270 g/mol. The van der Waals surface area contributed by atoms with Gasteiger partial charge in [-0.3, -0.25) is 0 Å². The average Bonchev–Trinajstić information content (AvgIpc) is 2.78. The van der Waals surface area contributed by atoms with E-state index in [4.69, 9.17) is 5.73 Å². The molecule has 0 saturated heterocycles. The van der Waals surface area contributed by atoms with Crippen molar-refractivity contribution >= 4 is 5.69 Å². The minimum absolute atomic E-state index is 0.526. The first-order chi connectivity index (χ1) is 9.63. The molecule has 1 aromatic carbocycles. The number of anilines is 1. The second-order valence-electron chi connectivity index (χ2n) is 5.78. The molecule has 0 aromatic heterocycles. The summed E-state index contributed by atoms with van der Waals surface area (Å²) >= 11 is 0.